The van der Waals surface area contributed by atoms with Crippen LogP contribution in [0.25, 0.3) is 0 Å². The van der Waals surface area contributed by atoms with Crippen molar-refractivity contribution >= 4 is 23.7 Å². The molecule has 0 bridgehead atoms. The van der Waals surface area contributed by atoms with Crippen LogP contribution in [0.15, 0.2) is 23.1 Å². The molecule has 1 aromatic carbocycles. The second-order valence-electron chi connectivity index (χ2n) is 5.73. The van der Waals surface area contributed by atoms with Gasteiger partial charge in [-0.1, -0.05) is 11.8 Å². The normalized spacial score (nSPS) is 31.5. The highest BCUT2D eigenvalue weighted by Gasteiger charge is 2.68. The van der Waals surface area contributed by atoms with E-state index in [-0.39, 0.29) is 24.2 Å². The number of aliphatic hydroxyl groups excluding tert-OH is 1. The maximum Gasteiger partial charge on any atom is 0.310 e. The summed E-state index contributed by atoms with van der Waals surface area (Å²) in [7, 11) is 0. The van der Waals surface area contributed by atoms with Crippen LogP contribution in [0.3, 0.4) is 0 Å². The van der Waals surface area contributed by atoms with E-state index in [0.717, 1.165) is 23.9 Å². The van der Waals surface area contributed by atoms with E-state index in [1.54, 1.807) is 0 Å². The molecule has 2 N–H and O–H groups in total. The number of carboxylic acids is 1. The van der Waals surface area contributed by atoms with Gasteiger partial charge >= 0.3 is 11.9 Å². The monoisotopic (exact) mass is 344 g/mol. The van der Waals surface area contributed by atoms with Gasteiger partial charge in [-0.25, -0.2) is 8.78 Å². The third kappa shape index (κ3) is 3.05. The van der Waals surface area contributed by atoms with Gasteiger partial charge in [0, 0.05) is 10.8 Å². The topological polar surface area (TPSA) is 83.8 Å². The van der Waals surface area contributed by atoms with Crippen LogP contribution in [0.2, 0.25) is 0 Å². The van der Waals surface area contributed by atoms with Crippen molar-refractivity contribution in [3.05, 3.63) is 29.8 Å². The molecule has 2 saturated carbocycles. The molecule has 124 valence electrons. The highest BCUT2D eigenvalue weighted by atomic mass is 32.2. The maximum atomic E-state index is 13.0. The minimum Gasteiger partial charge on any atom is -0.481 e. The highest BCUT2D eigenvalue weighted by molar-refractivity contribution is 7.99. The lowest BCUT2D eigenvalue weighted by molar-refractivity contribution is -0.148. The number of carboxylic acid groups (broad SMARTS) is 1. The first kappa shape index (κ1) is 16.2. The number of benzene rings is 1. The van der Waals surface area contributed by atoms with Gasteiger partial charge in [0.1, 0.15) is 5.94 Å². The number of aliphatic hydroxyl groups is 1. The zero-order valence-electron chi connectivity index (χ0n) is 11.8. The van der Waals surface area contributed by atoms with Gasteiger partial charge in [-0.05, 0) is 30.5 Å². The van der Waals surface area contributed by atoms with E-state index >= 15 is 0 Å². The first-order valence-electron chi connectivity index (χ1n) is 7.05. The van der Waals surface area contributed by atoms with Gasteiger partial charge < -0.3 is 14.9 Å². The van der Waals surface area contributed by atoms with Gasteiger partial charge in [-0.3, -0.25) is 9.59 Å². The molecular formula is C15H14F2O5S. The van der Waals surface area contributed by atoms with Crippen molar-refractivity contribution in [3.8, 4) is 0 Å². The van der Waals surface area contributed by atoms with E-state index in [1.165, 1.54) is 6.07 Å². The summed E-state index contributed by atoms with van der Waals surface area (Å²) < 4.78 is 30.9. The Morgan fingerprint density at radius 3 is 2.61 bits per heavy atom. The van der Waals surface area contributed by atoms with Crippen LogP contribution in [0, 0.1) is 35.3 Å². The Bertz CT molecular complexity index is 653. The molecule has 2 aliphatic rings. The average molecular weight is 344 g/mol. The molecule has 8 heteroatoms. The van der Waals surface area contributed by atoms with Crippen molar-refractivity contribution in [3.63, 3.8) is 0 Å². The molecule has 3 rings (SSSR count). The predicted molar refractivity (Wildman–Crippen MR) is 75.4 cm³/mol. The Balaban J connectivity index is 1.52. The van der Waals surface area contributed by atoms with Crippen LogP contribution >= 0.6 is 11.8 Å². The lowest BCUT2D eigenvalue weighted by atomic mass is 9.99. The minimum absolute atomic E-state index is 0.0916. The van der Waals surface area contributed by atoms with Crippen LogP contribution in [0.4, 0.5) is 8.78 Å². The van der Waals surface area contributed by atoms with Gasteiger partial charge in [0.25, 0.3) is 0 Å². The smallest absolute Gasteiger partial charge is 0.310 e. The first-order valence-corrected chi connectivity index (χ1v) is 8.04. The SMILES string of the molecule is O=C(OCSc1ccc(F)c(F)c1)C1CC(O)C2C(C(=O)O)C12. The highest BCUT2D eigenvalue weighted by Crippen LogP contribution is 2.60. The van der Waals surface area contributed by atoms with E-state index in [4.69, 9.17) is 9.84 Å². The molecule has 0 heterocycles. The van der Waals surface area contributed by atoms with Gasteiger partial charge in [-0.15, -0.1) is 0 Å². The standard InChI is InChI=1S/C15H14F2O5S/c16-8-2-1-6(3-9(8)17)23-5-22-15(21)7-4-10(18)12-11(7)13(12)14(19)20/h1-3,7,10-13,18H,4-5H2,(H,19,20). The van der Waals surface area contributed by atoms with Crippen molar-refractivity contribution in [1.29, 1.82) is 0 Å². The van der Waals surface area contributed by atoms with Crippen LogP contribution in [-0.4, -0.2) is 34.2 Å². The molecule has 5 unspecified atom stereocenters. The summed E-state index contributed by atoms with van der Waals surface area (Å²) in [4.78, 5) is 23.5. The number of hydrogen-bond donors (Lipinski definition) is 2. The fourth-order valence-electron chi connectivity index (χ4n) is 3.36. The maximum absolute atomic E-state index is 13.0. The summed E-state index contributed by atoms with van der Waals surface area (Å²) in [6, 6.07) is 3.36. The summed E-state index contributed by atoms with van der Waals surface area (Å²) in [5, 5.41) is 18.8. The molecule has 2 fully saturated rings. The Kier molecular flexibility index (Phi) is 4.29. The molecule has 5 atom stereocenters. The zero-order valence-corrected chi connectivity index (χ0v) is 12.6. The molecule has 0 radical (unpaired) electrons. The molecule has 2 aliphatic carbocycles. The zero-order chi connectivity index (χ0) is 16.7. The Morgan fingerprint density at radius 2 is 2.00 bits per heavy atom. The second-order valence-corrected chi connectivity index (χ2v) is 6.73. The van der Waals surface area contributed by atoms with Crippen LogP contribution < -0.4 is 0 Å². The second kappa shape index (κ2) is 6.09. The fourth-order valence-corrected chi connectivity index (χ4v) is 4.02. The minimum atomic E-state index is -1.01. The number of carbonyl (C=O) groups excluding carboxylic acids is 1. The summed E-state index contributed by atoms with van der Waals surface area (Å²) in [6.07, 6.45) is -0.592. The lowest BCUT2D eigenvalue weighted by Gasteiger charge is -2.14. The van der Waals surface area contributed by atoms with Crippen LogP contribution in [0.5, 0.6) is 0 Å². The number of thioether (sulfide) groups is 1. The number of aliphatic carboxylic acids is 1. The van der Waals surface area contributed by atoms with Crippen molar-refractivity contribution in [2.75, 3.05) is 5.94 Å². The number of hydrogen-bond acceptors (Lipinski definition) is 5. The van der Waals surface area contributed by atoms with Crippen LogP contribution in [-0.2, 0) is 14.3 Å². The van der Waals surface area contributed by atoms with Crippen molar-refractivity contribution in [2.24, 2.45) is 23.7 Å². The van der Waals surface area contributed by atoms with Gasteiger partial charge in [0.2, 0.25) is 0 Å². The Labute approximate surface area is 134 Å². The quantitative estimate of drug-likeness (QED) is 0.482. The Morgan fingerprint density at radius 1 is 1.26 bits per heavy atom. The molecule has 0 amide bonds. The largest absolute Gasteiger partial charge is 0.481 e. The predicted octanol–water partition coefficient (Wildman–Crippen LogP) is 1.89. The molecule has 5 nitrogen and oxygen atoms in total. The molecule has 0 aromatic heterocycles. The number of halogens is 2. The van der Waals surface area contributed by atoms with Crippen LogP contribution in [0.1, 0.15) is 6.42 Å². The summed E-state index contributed by atoms with van der Waals surface area (Å²) in [5.41, 5.74) is 0. The van der Waals surface area contributed by atoms with Crippen molar-refractivity contribution in [2.45, 2.75) is 17.4 Å². The third-order valence-electron chi connectivity index (χ3n) is 4.44. The van der Waals surface area contributed by atoms with Crippen molar-refractivity contribution in [1.82, 2.24) is 0 Å². The van der Waals surface area contributed by atoms with E-state index in [2.05, 4.69) is 0 Å². The van der Waals surface area contributed by atoms with Gasteiger partial charge in [0.05, 0.1) is 17.9 Å². The molecule has 0 saturated heterocycles. The number of fused-ring (bicyclic) bond motifs is 1. The van der Waals surface area contributed by atoms with Gasteiger partial charge in [0.15, 0.2) is 11.6 Å². The van der Waals surface area contributed by atoms with E-state index in [9.17, 15) is 23.5 Å². The molecule has 23 heavy (non-hydrogen) atoms. The number of esters is 1. The van der Waals surface area contributed by atoms with E-state index < -0.39 is 41.5 Å². The summed E-state index contributed by atoms with van der Waals surface area (Å²) >= 11 is 1.02. The lowest BCUT2D eigenvalue weighted by Crippen LogP contribution is -2.24. The first-order chi connectivity index (χ1) is 10.9. The van der Waals surface area contributed by atoms with E-state index in [0.29, 0.717) is 4.90 Å². The molecule has 1 aromatic rings. The number of carbonyl (C=O) groups is 2. The van der Waals surface area contributed by atoms with Crippen molar-refractivity contribution < 1.29 is 33.3 Å². The Hall–Kier alpha value is -1.67. The molecule has 0 aliphatic heterocycles. The van der Waals surface area contributed by atoms with Gasteiger partial charge in [-0.2, -0.15) is 0 Å². The summed E-state index contributed by atoms with van der Waals surface area (Å²) in [5.74, 6) is -5.64. The van der Waals surface area contributed by atoms with E-state index in [1.807, 2.05) is 0 Å². The fraction of sp³-hybridized carbons (Fsp3) is 0.467. The number of rotatable bonds is 5. The summed E-state index contributed by atoms with van der Waals surface area (Å²) in [6.45, 7) is 0. The third-order valence-corrected chi connectivity index (χ3v) is 5.27. The molecule has 0 spiro atoms. The molecular weight excluding hydrogens is 330 g/mol. The number of ether oxygens (including phenoxy) is 1. The average Bonchev–Trinajstić information content (AvgIpc) is 3.15.